The Labute approximate surface area is 102 Å². The molecule has 1 fully saturated rings. The second kappa shape index (κ2) is 5.00. The summed E-state index contributed by atoms with van der Waals surface area (Å²) < 4.78 is 0. The van der Waals surface area contributed by atoms with Crippen LogP contribution in [0.4, 0.5) is 5.82 Å². The van der Waals surface area contributed by atoms with E-state index >= 15 is 0 Å². The number of anilines is 1. The average molecular weight is 235 g/mol. The Morgan fingerprint density at radius 3 is 2.53 bits per heavy atom. The highest BCUT2D eigenvalue weighted by Gasteiger charge is 2.31. The predicted octanol–water partition coefficient (Wildman–Crippen LogP) is 2.20. The van der Waals surface area contributed by atoms with Crippen molar-refractivity contribution >= 4 is 5.82 Å². The largest absolute Gasteiger partial charge is 0.394 e. The molecule has 1 aromatic rings. The SMILES string of the molecule is Cc1ncc(NC2(CO)CCCCC2)nc1C. The molecule has 2 N–H and O–H groups in total. The van der Waals surface area contributed by atoms with Gasteiger partial charge < -0.3 is 10.4 Å². The van der Waals surface area contributed by atoms with Crippen molar-refractivity contribution in [3.63, 3.8) is 0 Å². The minimum atomic E-state index is -0.186. The lowest BCUT2D eigenvalue weighted by atomic mass is 9.82. The third-order valence-electron chi connectivity index (χ3n) is 3.70. The average Bonchev–Trinajstić information content (AvgIpc) is 2.35. The minimum Gasteiger partial charge on any atom is -0.394 e. The van der Waals surface area contributed by atoms with Crippen LogP contribution < -0.4 is 5.32 Å². The van der Waals surface area contributed by atoms with Gasteiger partial charge in [-0.05, 0) is 26.7 Å². The summed E-state index contributed by atoms with van der Waals surface area (Å²) in [6.45, 7) is 4.08. The van der Waals surface area contributed by atoms with Crippen molar-refractivity contribution in [1.82, 2.24) is 9.97 Å². The summed E-state index contributed by atoms with van der Waals surface area (Å²) >= 11 is 0. The first-order chi connectivity index (χ1) is 8.15. The van der Waals surface area contributed by atoms with Crippen molar-refractivity contribution in [1.29, 1.82) is 0 Å². The maximum Gasteiger partial charge on any atom is 0.145 e. The number of rotatable bonds is 3. The molecule has 0 spiro atoms. The second-order valence-electron chi connectivity index (χ2n) is 5.05. The van der Waals surface area contributed by atoms with Crippen LogP contribution >= 0.6 is 0 Å². The highest BCUT2D eigenvalue weighted by molar-refractivity contribution is 5.37. The predicted molar refractivity (Wildman–Crippen MR) is 68.0 cm³/mol. The van der Waals surface area contributed by atoms with Crippen LogP contribution in [-0.4, -0.2) is 27.2 Å². The van der Waals surface area contributed by atoms with Crippen LogP contribution in [0.25, 0.3) is 0 Å². The highest BCUT2D eigenvalue weighted by Crippen LogP contribution is 2.30. The van der Waals surface area contributed by atoms with Gasteiger partial charge in [0.15, 0.2) is 0 Å². The van der Waals surface area contributed by atoms with E-state index in [1.165, 1.54) is 19.3 Å². The monoisotopic (exact) mass is 235 g/mol. The highest BCUT2D eigenvalue weighted by atomic mass is 16.3. The lowest BCUT2D eigenvalue weighted by Gasteiger charge is -2.36. The fraction of sp³-hybridized carbons (Fsp3) is 0.692. The molecule has 1 saturated carbocycles. The van der Waals surface area contributed by atoms with Gasteiger partial charge in [-0.1, -0.05) is 19.3 Å². The summed E-state index contributed by atoms with van der Waals surface area (Å²) in [5.74, 6) is 0.782. The number of aliphatic hydroxyl groups excluding tert-OH is 1. The summed E-state index contributed by atoms with van der Waals surface area (Å²) in [6.07, 6.45) is 7.39. The van der Waals surface area contributed by atoms with E-state index in [0.717, 1.165) is 30.0 Å². The quantitative estimate of drug-likeness (QED) is 0.843. The molecule has 0 aromatic carbocycles. The Hall–Kier alpha value is -1.16. The zero-order valence-electron chi connectivity index (χ0n) is 10.7. The zero-order chi connectivity index (χ0) is 12.3. The lowest BCUT2D eigenvalue weighted by Crippen LogP contribution is -2.44. The topological polar surface area (TPSA) is 58.0 Å². The molecule has 0 atom stereocenters. The van der Waals surface area contributed by atoms with E-state index in [1.54, 1.807) is 6.20 Å². The van der Waals surface area contributed by atoms with Gasteiger partial charge in [-0.3, -0.25) is 4.98 Å². The first-order valence-electron chi connectivity index (χ1n) is 6.34. The van der Waals surface area contributed by atoms with E-state index in [1.807, 2.05) is 13.8 Å². The second-order valence-corrected chi connectivity index (χ2v) is 5.05. The molecular formula is C13H21N3O. The smallest absolute Gasteiger partial charge is 0.145 e. The summed E-state index contributed by atoms with van der Waals surface area (Å²) in [7, 11) is 0. The molecule has 0 saturated heterocycles. The van der Waals surface area contributed by atoms with Crippen LogP contribution in [0.5, 0.6) is 0 Å². The van der Waals surface area contributed by atoms with E-state index in [2.05, 4.69) is 15.3 Å². The molecule has 17 heavy (non-hydrogen) atoms. The number of hydrogen-bond acceptors (Lipinski definition) is 4. The summed E-state index contributed by atoms with van der Waals surface area (Å²) in [5.41, 5.74) is 1.71. The van der Waals surface area contributed by atoms with Crippen LogP contribution in [0.3, 0.4) is 0 Å². The Balaban J connectivity index is 2.14. The van der Waals surface area contributed by atoms with Crippen molar-refractivity contribution in [2.75, 3.05) is 11.9 Å². The van der Waals surface area contributed by atoms with Crippen molar-refractivity contribution in [3.05, 3.63) is 17.6 Å². The van der Waals surface area contributed by atoms with Gasteiger partial charge in [0, 0.05) is 0 Å². The molecule has 0 radical (unpaired) electrons. The lowest BCUT2D eigenvalue weighted by molar-refractivity contribution is 0.172. The van der Waals surface area contributed by atoms with Gasteiger partial charge in [-0.2, -0.15) is 0 Å². The van der Waals surface area contributed by atoms with Gasteiger partial charge in [0.05, 0.1) is 29.7 Å². The van der Waals surface area contributed by atoms with Gasteiger partial charge in [-0.25, -0.2) is 4.98 Å². The number of aliphatic hydroxyl groups is 1. The fourth-order valence-corrected chi connectivity index (χ4v) is 2.42. The molecular weight excluding hydrogens is 214 g/mol. The number of nitrogens with one attached hydrogen (secondary N) is 1. The summed E-state index contributed by atoms with van der Waals surface area (Å²) in [5, 5.41) is 13.0. The molecule has 2 rings (SSSR count). The van der Waals surface area contributed by atoms with Gasteiger partial charge in [0.25, 0.3) is 0 Å². The molecule has 0 aliphatic heterocycles. The maximum absolute atomic E-state index is 9.62. The van der Waals surface area contributed by atoms with Crippen LogP contribution in [0.15, 0.2) is 6.20 Å². The van der Waals surface area contributed by atoms with Crippen LogP contribution in [0.2, 0.25) is 0 Å². The van der Waals surface area contributed by atoms with E-state index in [0.29, 0.717) is 0 Å². The van der Waals surface area contributed by atoms with Crippen LogP contribution in [0.1, 0.15) is 43.5 Å². The number of aromatic nitrogens is 2. The summed E-state index contributed by atoms with van der Waals surface area (Å²) in [6, 6.07) is 0. The molecule has 4 nitrogen and oxygen atoms in total. The van der Waals surface area contributed by atoms with E-state index < -0.39 is 0 Å². The Kier molecular flexibility index (Phi) is 3.62. The molecule has 1 aliphatic carbocycles. The molecule has 4 heteroatoms. The summed E-state index contributed by atoms with van der Waals surface area (Å²) in [4.78, 5) is 8.78. The molecule has 94 valence electrons. The van der Waals surface area contributed by atoms with Crippen LogP contribution in [-0.2, 0) is 0 Å². The molecule has 0 unspecified atom stereocenters. The van der Waals surface area contributed by atoms with Crippen molar-refractivity contribution in [3.8, 4) is 0 Å². The van der Waals surface area contributed by atoms with E-state index in [4.69, 9.17) is 0 Å². The van der Waals surface area contributed by atoms with Gasteiger partial charge in [0.2, 0.25) is 0 Å². The van der Waals surface area contributed by atoms with Crippen LogP contribution in [0, 0.1) is 13.8 Å². The van der Waals surface area contributed by atoms with Crippen molar-refractivity contribution < 1.29 is 5.11 Å². The standard InChI is InChI=1S/C13H21N3O/c1-10-11(2)15-12(8-14-10)16-13(9-17)6-4-3-5-7-13/h8,17H,3-7,9H2,1-2H3,(H,15,16). The molecule has 1 aromatic heterocycles. The first-order valence-corrected chi connectivity index (χ1v) is 6.34. The number of aryl methyl sites for hydroxylation is 2. The van der Waals surface area contributed by atoms with E-state index in [9.17, 15) is 5.11 Å². The van der Waals surface area contributed by atoms with Crippen molar-refractivity contribution in [2.45, 2.75) is 51.5 Å². The normalized spacial score (nSPS) is 19.0. The third-order valence-corrected chi connectivity index (χ3v) is 3.70. The molecule has 1 aliphatic rings. The minimum absolute atomic E-state index is 0.168. The Morgan fingerprint density at radius 2 is 1.94 bits per heavy atom. The first kappa shape index (κ1) is 12.3. The molecule has 0 bridgehead atoms. The third kappa shape index (κ3) is 2.75. The van der Waals surface area contributed by atoms with Crippen molar-refractivity contribution in [2.24, 2.45) is 0 Å². The molecule has 1 heterocycles. The van der Waals surface area contributed by atoms with Gasteiger partial charge >= 0.3 is 0 Å². The maximum atomic E-state index is 9.62. The number of nitrogens with zero attached hydrogens (tertiary/aromatic N) is 2. The van der Waals surface area contributed by atoms with E-state index in [-0.39, 0.29) is 12.1 Å². The molecule has 0 amide bonds. The Morgan fingerprint density at radius 1 is 1.24 bits per heavy atom. The van der Waals surface area contributed by atoms with Gasteiger partial charge in [-0.15, -0.1) is 0 Å². The fourth-order valence-electron chi connectivity index (χ4n) is 2.42. The van der Waals surface area contributed by atoms with Gasteiger partial charge in [0.1, 0.15) is 5.82 Å². The number of hydrogen-bond donors (Lipinski definition) is 2. The Bertz CT molecular complexity index is 386. The zero-order valence-corrected chi connectivity index (χ0v) is 10.7.